The van der Waals surface area contributed by atoms with Gasteiger partial charge in [-0.25, -0.2) is 4.79 Å². The van der Waals surface area contributed by atoms with Crippen LogP contribution in [0.1, 0.15) is 19.8 Å². The van der Waals surface area contributed by atoms with Crippen LogP contribution in [0.4, 0.5) is 16.2 Å². The van der Waals surface area contributed by atoms with Crippen molar-refractivity contribution in [2.24, 2.45) is 0 Å². The van der Waals surface area contributed by atoms with Crippen molar-refractivity contribution in [2.45, 2.75) is 25.9 Å². The lowest BCUT2D eigenvalue weighted by Gasteiger charge is -2.27. The maximum Gasteiger partial charge on any atom is 0.414 e. The van der Waals surface area contributed by atoms with Crippen molar-refractivity contribution in [3.05, 3.63) is 24.3 Å². The Morgan fingerprint density at radius 2 is 1.88 bits per heavy atom. The minimum atomic E-state index is -0.483. The summed E-state index contributed by atoms with van der Waals surface area (Å²) in [6.45, 7) is 3.36. The van der Waals surface area contributed by atoms with E-state index in [9.17, 15) is 14.4 Å². The molecular weight excluding hydrogens is 340 g/mol. The van der Waals surface area contributed by atoms with Gasteiger partial charge in [0.2, 0.25) is 0 Å². The molecular formula is C18H22N2O6. The highest BCUT2D eigenvalue weighted by molar-refractivity contribution is 5.95. The molecule has 2 aliphatic heterocycles. The number of amides is 2. The fourth-order valence-corrected chi connectivity index (χ4v) is 2.88. The second kappa shape index (κ2) is 8.18. The van der Waals surface area contributed by atoms with Gasteiger partial charge in [-0.05, 0) is 30.7 Å². The van der Waals surface area contributed by atoms with Gasteiger partial charge in [0.25, 0.3) is 5.91 Å². The third kappa shape index (κ3) is 4.13. The van der Waals surface area contributed by atoms with E-state index in [-0.39, 0.29) is 25.1 Å². The van der Waals surface area contributed by atoms with Crippen molar-refractivity contribution in [1.29, 1.82) is 0 Å². The molecule has 1 aromatic rings. The zero-order valence-corrected chi connectivity index (χ0v) is 14.7. The normalized spacial score (nSPS) is 20.3. The van der Waals surface area contributed by atoms with Crippen LogP contribution in [-0.4, -0.2) is 57.0 Å². The van der Waals surface area contributed by atoms with E-state index in [1.807, 2.05) is 6.92 Å². The Morgan fingerprint density at radius 1 is 1.19 bits per heavy atom. The molecule has 2 heterocycles. The number of anilines is 2. The van der Waals surface area contributed by atoms with Crippen molar-refractivity contribution in [3.8, 4) is 0 Å². The van der Waals surface area contributed by atoms with E-state index in [0.717, 1.165) is 5.69 Å². The average Bonchev–Trinajstić information content (AvgIpc) is 3.02. The second-order valence-electron chi connectivity index (χ2n) is 6.16. The molecule has 0 unspecified atom stereocenters. The molecule has 26 heavy (non-hydrogen) atoms. The third-order valence-electron chi connectivity index (χ3n) is 4.22. The molecule has 0 N–H and O–H groups in total. The Bertz CT molecular complexity index is 675. The molecule has 8 heteroatoms. The summed E-state index contributed by atoms with van der Waals surface area (Å²) in [5, 5.41) is 0. The number of benzene rings is 1. The molecule has 0 bridgehead atoms. The summed E-state index contributed by atoms with van der Waals surface area (Å²) in [6.07, 6.45) is 0.111. The highest BCUT2D eigenvalue weighted by Gasteiger charge is 2.33. The minimum Gasteiger partial charge on any atom is -0.462 e. The van der Waals surface area contributed by atoms with Crippen LogP contribution in [-0.2, 0) is 23.8 Å². The Kier molecular flexibility index (Phi) is 5.72. The smallest absolute Gasteiger partial charge is 0.414 e. The molecule has 3 rings (SSSR count). The van der Waals surface area contributed by atoms with Gasteiger partial charge < -0.3 is 19.1 Å². The Labute approximate surface area is 151 Å². The van der Waals surface area contributed by atoms with Gasteiger partial charge in [0, 0.05) is 24.3 Å². The molecule has 1 aromatic carbocycles. The quantitative estimate of drug-likeness (QED) is 0.717. The van der Waals surface area contributed by atoms with E-state index in [0.29, 0.717) is 38.2 Å². The number of carbonyl (C=O) groups excluding carboxylic acids is 3. The number of cyclic esters (lactones) is 1. The van der Waals surface area contributed by atoms with Gasteiger partial charge in [-0.2, -0.15) is 0 Å². The lowest BCUT2D eigenvalue weighted by molar-refractivity contribution is -0.146. The van der Waals surface area contributed by atoms with Crippen LogP contribution < -0.4 is 9.80 Å². The Morgan fingerprint density at radius 3 is 2.54 bits per heavy atom. The van der Waals surface area contributed by atoms with Gasteiger partial charge in [0.05, 0.1) is 13.2 Å². The van der Waals surface area contributed by atoms with Gasteiger partial charge >= 0.3 is 12.1 Å². The van der Waals surface area contributed by atoms with E-state index in [2.05, 4.69) is 0 Å². The molecule has 0 aromatic heterocycles. The maximum atomic E-state index is 12.1. The predicted octanol–water partition coefficient (Wildman–Crippen LogP) is 1.72. The first kappa shape index (κ1) is 18.2. The van der Waals surface area contributed by atoms with E-state index in [1.165, 1.54) is 4.90 Å². The average molecular weight is 362 g/mol. The Hall–Kier alpha value is -2.61. The highest BCUT2D eigenvalue weighted by Crippen LogP contribution is 2.25. The van der Waals surface area contributed by atoms with Gasteiger partial charge in [-0.3, -0.25) is 14.5 Å². The molecule has 0 saturated carbocycles. The van der Waals surface area contributed by atoms with Crippen LogP contribution in [0.2, 0.25) is 0 Å². The summed E-state index contributed by atoms with van der Waals surface area (Å²) in [6, 6.07) is 7.12. The molecule has 0 radical (unpaired) electrons. The van der Waals surface area contributed by atoms with Gasteiger partial charge in [-0.15, -0.1) is 0 Å². The fraction of sp³-hybridized carbons (Fsp3) is 0.500. The monoisotopic (exact) mass is 362 g/mol. The van der Waals surface area contributed by atoms with Gasteiger partial charge in [0.1, 0.15) is 13.2 Å². The van der Waals surface area contributed by atoms with Crippen molar-refractivity contribution >= 4 is 29.3 Å². The first-order chi connectivity index (χ1) is 12.6. The predicted molar refractivity (Wildman–Crippen MR) is 93.1 cm³/mol. The van der Waals surface area contributed by atoms with Crippen LogP contribution >= 0.6 is 0 Å². The maximum absolute atomic E-state index is 12.1. The molecule has 0 aliphatic carbocycles. The SMILES string of the molecule is CCCC(=O)OC[C@H]1CN(c2ccc(N3CCOCC3=O)cc2)C(=O)O1. The first-order valence-corrected chi connectivity index (χ1v) is 8.70. The summed E-state index contributed by atoms with van der Waals surface area (Å²) < 4.78 is 15.5. The standard InChI is InChI=1S/C18H22N2O6/c1-2-3-17(22)25-11-15-10-20(18(23)26-15)14-6-4-13(5-7-14)19-8-9-24-12-16(19)21/h4-7,15H,2-3,8-12H2,1H3/t15-/m1/s1. The van der Waals surface area contributed by atoms with Crippen LogP contribution in [0.3, 0.4) is 0 Å². The molecule has 8 nitrogen and oxygen atoms in total. The van der Waals surface area contributed by atoms with Crippen molar-refractivity contribution in [1.82, 2.24) is 0 Å². The largest absolute Gasteiger partial charge is 0.462 e. The molecule has 2 saturated heterocycles. The summed E-state index contributed by atoms with van der Waals surface area (Å²) in [7, 11) is 0. The molecule has 140 valence electrons. The van der Waals surface area contributed by atoms with E-state index >= 15 is 0 Å². The number of nitrogens with zero attached hydrogens (tertiary/aromatic N) is 2. The summed E-state index contributed by atoms with van der Waals surface area (Å²) >= 11 is 0. The first-order valence-electron chi connectivity index (χ1n) is 8.70. The zero-order valence-electron chi connectivity index (χ0n) is 14.7. The zero-order chi connectivity index (χ0) is 18.5. The second-order valence-corrected chi connectivity index (χ2v) is 6.16. The van der Waals surface area contributed by atoms with Crippen molar-refractivity contribution in [3.63, 3.8) is 0 Å². The number of hydrogen-bond acceptors (Lipinski definition) is 6. The Balaban J connectivity index is 1.59. The molecule has 2 aliphatic rings. The third-order valence-corrected chi connectivity index (χ3v) is 4.22. The lowest BCUT2D eigenvalue weighted by Crippen LogP contribution is -2.41. The summed E-state index contributed by atoms with van der Waals surface area (Å²) in [4.78, 5) is 38.5. The van der Waals surface area contributed by atoms with Gasteiger partial charge in [0.15, 0.2) is 6.10 Å². The number of esters is 1. The molecule has 2 fully saturated rings. The number of carbonyl (C=O) groups is 3. The van der Waals surface area contributed by atoms with Crippen LogP contribution in [0.15, 0.2) is 24.3 Å². The number of ether oxygens (including phenoxy) is 3. The van der Waals surface area contributed by atoms with Crippen molar-refractivity contribution in [2.75, 3.05) is 42.7 Å². The topological polar surface area (TPSA) is 85.4 Å². The number of hydrogen-bond donors (Lipinski definition) is 0. The summed E-state index contributed by atoms with van der Waals surface area (Å²) in [5.41, 5.74) is 1.43. The fourth-order valence-electron chi connectivity index (χ4n) is 2.88. The minimum absolute atomic E-state index is 0.0570. The highest BCUT2D eigenvalue weighted by atomic mass is 16.6. The van der Waals surface area contributed by atoms with Crippen LogP contribution in [0.25, 0.3) is 0 Å². The van der Waals surface area contributed by atoms with E-state index < -0.39 is 12.2 Å². The number of rotatable bonds is 6. The molecule has 0 spiro atoms. The number of morpholine rings is 1. The van der Waals surface area contributed by atoms with E-state index in [4.69, 9.17) is 14.2 Å². The lowest BCUT2D eigenvalue weighted by atomic mass is 10.2. The van der Waals surface area contributed by atoms with E-state index in [1.54, 1.807) is 29.2 Å². The molecule has 1 atom stereocenters. The van der Waals surface area contributed by atoms with Crippen LogP contribution in [0, 0.1) is 0 Å². The summed E-state index contributed by atoms with van der Waals surface area (Å²) in [5.74, 6) is -0.375. The van der Waals surface area contributed by atoms with Crippen molar-refractivity contribution < 1.29 is 28.6 Å². The van der Waals surface area contributed by atoms with Gasteiger partial charge in [-0.1, -0.05) is 6.92 Å². The molecule has 2 amide bonds. The van der Waals surface area contributed by atoms with Crippen LogP contribution in [0.5, 0.6) is 0 Å².